The molecule has 1 aromatic rings. The van der Waals surface area contributed by atoms with E-state index in [0.29, 0.717) is 13.2 Å². The summed E-state index contributed by atoms with van der Waals surface area (Å²) in [6.45, 7) is 3.40. The smallest absolute Gasteiger partial charge is 0.268 e. The Labute approximate surface area is 154 Å². The van der Waals surface area contributed by atoms with Crippen molar-refractivity contribution in [1.29, 1.82) is 0 Å². The zero-order valence-electron chi connectivity index (χ0n) is 15.3. The number of amides is 1. The van der Waals surface area contributed by atoms with E-state index in [1.54, 1.807) is 0 Å². The van der Waals surface area contributed by atoms with Gasteiger partial charge in [0.2, 0.25) is 0 Å². The van der Waals surface area contributed by atoms with E-state index in [1.807, 2.05) is 23.1 Å². The van der Waals surface area contributed by atoms with Gasteiger partial charge in [-0.05, 0) is 44.2 Å². The Hall–Kier alpha value is -1.92. The van der Waals surface area contributed by atoms with Crippen LogP contribution in [0, 0.1) is 0 Å². The number of fused-ring (bicyclic) bond motifs is 1. The number of hydrogen-bond donors (Lipinski definition) is 0. The summed E-state index contributed by atoms with van der Waals surface area (Å²) in [5.74, 6) is -0.439. The largest absolute Gasteiger partial charge is 0.386 e. The van der Waals surface area contributed by atoms with Crippen LogP contribution in [0.25, 0.3) is 0 Å². The first kappa shape index (κ1) is 17.5. The Kier molecular flexibility index (Phi) is 4.96. The van der Waals surface area contributed by atoms with Crippen LogP contribution < -0.4 is 4.90 Å². The number of hydrogen-bond acceptors (Lipinski definition) is 5. The summed E-state index contributed by atoms with van der Waals surface area (Å²) in [7, 11) is 0. The summed E-state index contributed by atoms with van der Waals surface area (Å²) in [6, 6.07) is 8.28. The van der Waals surface area contributed by atoms with Gasteiger partial charge in [0.05, 0.1) is 18.9 Å². The predicted molar refractivity (Wildman–Crippen MR) is 98.2 cm³/mol. The first-order valence-electron chi connectivity index (χ1n) is 9.52. The summed E-state index contributed by atoms with van der Waals surface area (Å²) in [5.41, 5.74) is 3.21. The van der Waals surface area contributed by atoms with Gasteiger partial charge in [-0.1, -0.05) is 23.4 Å². The van der Waals surface area contributed by atoms with Gasteiger partial charge in [0.1, 0.15) is 0 Å². The Morgan fingerprint density at radius 2 is 1.96 bits per heavy atom. The van der Waals surface area contributed by atoms with Crippen molar-refractivity contribution in [2.45, 2.75) is 57.3 Å². The lowest BCUT2D eigenvalue weighted by molar-refractivity contribution is -0.168. The summed E-state index contributed by atoms with van der Waals surface area (Å²) >= 11 is 0. The maximum atomic E-state index is 12.7. The third-order valence-corrected chi connectivity index (χ3v) is 5.58. The van der Waals surface area contributed by atoms with Crippen molar-refractivity contribution in [1.82, 2.24) is 0 Å². The number of carbonyl (C=O) groups excluding carboxylic acids is 1. The molecule has 0 bridgehead atoms. The number of anilines is 1. The van der Waals surface area contributed by atoms with Gasteiger partial charge in [0.15, 0.2) is 12.4 Å². The molecule has 1 saturated carbocycles. The van der Waals surface area contributed by atoms with Gasteiger partial charge in [0, 0.05) is 24.6 Å². The van der Waals surface area contributed by atoms with Crippen molar-refractivity contribution in [3.05, 3.63) is 29.8 Å². The standard InChI is InChI=1S/C20H26N2O4/c1-15-6-7-16-4-2-3-5-18(16)22(15)19(23)14-26-21-17-8-10-20(11-9-17)24-12-13-25-20/h2-5,15H,6-14H2,1H3/t15-/m0/s1. The van der Waals surface area contributed by atoms with E-state index in [9.17, 15) is 4.79 Å². The van der Waals surface area contributed by atoms with Crippen LogP contribution in [0.4, 0.5) is 5.69 Å². The summed E-state index contributed by atoms with van der Waals surface area (Å²) < 4.78 is 11.4. The minimum Gasteiger partial charge on any atom is -0.386 e. The monoisotopic (exact) mass is 358 g/mol. The minimum absolute atomic E-state index is 0.0275. The van der Waals surface area contributed by atoms with E-state index >= 15 is 0 Å². The molecule has 26 heavy (non-hydrogen) atoms. The van der Waals surface area contributed by atoms with E-state index in [-0.39, 0.29) is 18.6 Å². The molecule has 0 N–H and O–H groups in total. The molecule has 1 saturated heterocycles. The molecule has 0 unspecified atom stereocenters. The fourth-order valence-electron chi connectivity index (χ4n) is 4.11. The number of para-hydroxylation sites is 1. The first-order chi connectivity index (χ1) is 12.7. The second-order valence-corrected chi connectivity index (χ2v) is 7.32. The summed E-state index contributed by atoms with van der Waals surface area (Å²) in [5, 5.41) is 4.21. The van der Waals surface area contributed by atoms with E-state index in [0.717, 1.165) is 49.9 Å². The first-order valence-corrected chi connectivity index (χ1v) is 9.52. The van der Waals surface area contributed by atoms with Crippen molar-refractivity contribution in [3.63, 3.8) is 0 Å². The highest BCUT2D eigenvalue weighted by molar-refractivity contribution is 5.96. The van der Waals surface area contributed by atoms with Crippen LogP contribution in [-0.2, 0) is 25.5 Å². The Balaban J connectivity index is 1.33. The molecule has 2 aliphatic heterocycles. The summed E-state index contributed by atoms with van der Waals surface area (Å²) in [6.07, 6.45) is 5.17. The molecule has 2 fully saturated rings. The molecule has 0 radical (unpaired) electrons. The van der Waals surface area contributed by atoms with Crippen molar-refractivity contribution in [2.24, 2.45) is 5.16 Å². The van der Waals surface area contributed by atoms with Crippen LogP contribution in [0.2, 0.25) is 0 Å². The average molecular weight is 358 g/mol. The second kappa shape index (κ2) is 7.37. The lowest BCUT2D eigenvalue weighted by Crippen LogP contribution is -2.43. The van der Waals surface area contributed by atoms with E-state index in [2.05, 4.69) is 18.1 Å². The lowest BCUT2D eigenvalue weighted by atomic mass is 9.92. The fourth-order valence-corrected chi connectivity index (χ4v) is 4.11. The average Bonchev–Trinajstić information content (AvgIpc) is 3.11. The number of rotatable bonds is 3. The van der Waals surface area contributed by atoms with Crippen LogP contribution in [0.5, 0.6) is 0 Å². The molecule has 6 nitrogen and oxygen atoms in total. The maximum absolute atomic E-state index is 12.7. The minimum atomic E-state index is -0.401. The van der Waals surface area contributed by atoms with Gasteiger partial charge < -0.3 is 19.2 Å². The third kappa shape index (κ3) is 3.48. The van der Waals surface area contributed by atoms with Crippen molar-refractivity contribution < 1.29 is 19.1 Å². The zero-order valence-corrected chi connectivity index (χ0v) is 15.3. The highest BCUT2D eigenvalue weighted by Gasteiger charge is 2.39. The molecule has 3 aliphatic rings. The topological polar surface area (TPSA) is 60.4 Å². The van der Waals surface area contributed by atoms with Gasteiger partial charge in [-0.3, -0.25) is 4.79 Å². The van der Waals surface area contributed by atoms with Crippen LogP contribution >= 0.6 is 0 Å². The number of oxime groups is 1. The fraction of sp³-hybridized carbons (Fsp3) is 0.600. The van der Waals surface area contributed by atoms with Gasteiger partial charge in [-0.15, -0.1) is 0 Å². The quantitative estimate of drug-likeness (QED) is 0.779. The maximum Gasteiger partial charge on any atom is 0.268 e. The number of ether oxygens (including phenoxy) is 2. The van der Waals surface area contributed by atoms with Gasteiger partial charge in [-0.25, -0.2) is 0 Å². The van der Waals surface area contributed by atoms with Crippen molar-refractivity contribution in [3.8, 4) is 0 Å². The zero-order chi connectivity index (χ0) is 18.0. The molecule has 1 aliphatic carbocycles. The molecule has 1 spiro atoms. The highest BCUT2D eigenvalue weighted by Crippen LogP contribution is 2.34. The van der Waals surface area contributed by atoms with Gasteiger partial charge in [0.25, 0.3) is 5.91 Å². The number of benzene rings is 1. The molecule has 1 amide bonds. The number of nitrogens with zero attached hydrogens (tertiary/aromatic N) is 2. The Bertz CT molecular complexity index is 685. The van der Waals surface area contributed by atoms with Crippen molar-refractivity contribution >= 4 is 17.3 Å². The van der Waals surface area contributed by atoms with Crippen LogP contribution in [0.1, 0.15) is 44.6 Å². The molecule has 4 rings (SSSR count). The molecule has 2 heterocycles. The lowest BCUT2D eigenvalue weighted by Gasteiger charge is -2.35. The highest BCUT2D eigenvalue weighted by atomic mass is 16.7. The molecular formula is C20H26N2O4. The van der Waals surface area contributed by atoms with Crippen LogP contribution in [0.3, 0.4) is 0 Å². The third-order valence-electron chi connectivity index (χ3n) is 5.58. The molecular weight excluding hydrogens is 332 g/mol. The Morgan fingerprint density at radius 3 is 2.73 bits per heavy atom. The molecule has 1 aromatic carbocycles. The van der Waals surface area contributed by atoms with Crippen molar-refractivity contribution in [2.75, 3.05) is 24.7 Å². The van der Waals surface area contributed by atoms with Crippen LogP contribution in [-0.4, -0.2) is 43.3 Å². The molecule has 0 aromatic heterocycles. The predicted octanol–water partition coefficient (Wildman–Crippen LogP) is 3.04. The number of aryl methyl sites for hydroxylation is 1. The van der Waals surface area contributed by atoms with E-state index in [1.165, 1.54) is 5.56 Å². The van der Waals surface area contributed by atoms with Gasteiger partial charge in [-0.2, -0.15) is 0 Å². The van der Waals surface area contributed by atoms with E-state index in [4.69, 9.17) is 14.3 Å². The van der Waals surface area contributed by atoms with Crippen LogP contribution in [0.15, 0.2) is 29.4 Å². The Morgan fingerprint density at radius 1 is 1.23 bits per heavy atom. The van der Waals surface area contributed by atoms with E-state index < -0.39 is 5.79 Å². The number of carbonyl (C=O) groups is 1. The molecule has 140 valence electrons. The molecule has 6 heteroatoms. The normalized spacial score (nSPS) is 24.4. The SMILES string of the molecule is C[C@H]1CCc2ccccc2N1C(=O)CON=C1CCC2(CC1)OCCO2. The van der Waals surface area contributed by atoms with Gasteiger partial charge >= 0.3 is 0 Å². The second-order valence-electron chi connectivity index (χ2n) is 7.32. The summed E-state index contributed by atoms with van der Waals surface area (Å²) in [4.78, 5) is 20.0. The molecule has 1 atom stereocenters.